The van der Waals surface area contributed by atoms with E-state index in [1.165, 1.54) is 23.9 Å². The number of allylic oxidation sites excluding steroid dienone is 1. The molecule has 2 aromatic carbocycles. The second-order valence-electron chi connectivity index (χ2n) is 5.89. The first kappa shape index (κ1) is 16.4. The molecule has 0 bridgehead atoms. The number of Topliss-reactive ketones (excluding diaryl/α,β-unsaturated/α-hetero) is 1. The summed E-state index contributed by atoms with van der Waals surface area (Å²) in [7, 11) is 0. The number of rotatable bonds is 3. The third-order valence-electron chi connectivity index (χ3n) is 4.16. The number of benzene rings is 2. The molecule has 0 aliphatic carbocycles. The molecule has 3 aromatic rings. The minimum Gasteiger partial charge on any atom is -0.457 e. The second kappa shape index (κ2) is 6.31. The Bertz CT molecular complexity index is 1080. The second-order valence-corrected chi connectivity index (χ2v) is 6.98. The number of aryl methyl sites for hydroxylation is 1. The van der Waals surface area contributed by atoms with E-state index >= 15 is 0 Å². The number of fused-ring (bicyclic) bond motifs is 1. The summed E-state index contributed by atoms with van der Waals surface area (Å²) < 4.78 is 5.85. The standard InChI is InChI=1S/C20H13NO4S/c1-12-10-13(21(23)24)6-8-15(12)17-9-7-14(25-17)11-19-20(22)16-4-2-3-5-18(16)26-19/h2-11H,1H3/b19-11-. The molecule has 4 rings (SSSR count). The van der Waals surface area contributed by atoms with Gasteiger partial charge in [0.15, 0.2) is 0 Å². The molecular formula is C20H13NO4S. The van der Waals surface area contributed by atoms with Gasteiger partial charge >= 0.3 is 0 Å². The van der Waals surface area contributed by atoms with E-state index in [2.05, 4.69) is 0 Å². The van der Waals surface area contributed by atoms with Gasteiger partial charge in [0, 0.05) is 28.2 Å². The maximum atomic E-state index is 12.4. The molecule has 1 aliphatic heterocycles. The first-order chi connectivity index (χ1) is 12.5. The number of furan rings is 1. The van der Waals surface area contributed by atoms with Crippen molar-refractivity contribution >= 4 is 29.3 Å². The lowest BCUT2D eigenvalue weighted by Crippen LogP contribution is -1.93. The van der Waals surface area contributed by atoms with E-state index in [0.29, 0.717) is 22.0 Å². The van der Waals surface area contributed by atoms with Crippen LogP contribution in [-0.2, 0) is 0 Å². The van der Waals surface area contributed by atoms with E-state index in [0.717, 1.165) is 16.0 Å². The van der Waals surface area contributed by atoms with Crippen molar-refractivity contribution in [1.82, 2.24) is 0 Å². The normalized spacial score (nSPS) is 14.7. The van der Waals surface area contributed by atoms with Gasteiger partial charge in [0.2, 0.25) is 5.78 Å². The summed E-state index contributed by atoms with van der Waals surface area (Å²) in [5.41, 5.74) is 2.30. The summed E-state index contributed by atoms with van der Waals surface area (Å²) in [4.78, 5) is 24.4. The molecule has 0 saturated heterocycles. The predicted octanol–water partition coefficient (Wildman–Crippen LogP) is 5.49. The first-order valence-corrected chi connectivity index (χ1v) is 8.73. The van der Waals surface area contributed by atoms with Gasteiger partial charge in [0.25, 0.3) is 5.69 Å². The highest BCUT2D eigenvalue weighted by Crippen LogP contribution is 2.41. The van der Waals surface area contributed by atoms with Gasteiger partial charge in [-0.15, -0.1) is 0 Å². The highest BCUT2D eigenvalue weighted by Gasteiger charge is 2.25. The average Bonchev–Trinajstić information content (AvgIpc) is 3.21. The summed E-state index contributed by atoms with van der Waals surface area (Å²) >= 11 is 1.43. The van der Waals surface area contributed by atoms with Crippen LogP contribution in [0.15, 0.2) is 68.8 Å². The Morgan fingerprint density at radius 3 is 2.62 bits per heavy atom. The molecule has 128 valence electrons. The van der Waals surface area contributed by atoms with Gasteiger partial charge in [-0.05, 0) is 48.9 Å². The lowest BCUT2D eigenvalue weighted by Gasteiger charge is -2.02. The third-order valence-corrected chi connectivity index (χ3v) is 5.26. The monoisotopic (exact) mass is 363 g/mol. The molecule has 0 N–H and O–H groups in total. The number of nitrogens with zero attached hydrogens (tertiary/aromatic N) is 1. The molecule has 1 aliphatic rings. The van der Waals surface area contributed by atoms with Gasteiger partial charge < -0.3 is 4.42 Å². The number of hydrogen-bond acceptors (Lipinski definition) is 5. The SMILES string of the molecule is Cc1cc([N+](=O)[O-])ccc1-c1ccc(/C=C2\Sc3ccccc3C2=O)o1. The molecule has 0 atom stereocenters. The van der Waals surface area contributed by atoms with E-state index < -0.39 is 4.92 Å². The molecule has 6 heteroatoms. The van der Waals surface area contributed by atoms with E-state index in [4.69, 9.17) is 4.42 Å². The number of hydrogen-bond donors (Lipinski definition) is 0. The zero-order chi connectivity index (χ0) is 18.3. The Kier molecular flexibility index (Phi) is 3.97. The summed E-state index contributed by atoms with van der Waals surface area (Å²) in [6, 6.07) is 15.7. The summed E-state index contributed by atoms with van der Waals surface area (Å²) in [5.74, 6) is 1.17. The Hall–Kier alpha value is -3.12. The van der Waals surface area contributed by atoms with Crippen LogP contribution in [0.5, 0.6) is 0 Å². The number of carbonyl (C=O) groups excluding carboxylic acids is 1. The number of nitro benzene ring substituents is 1. The maximum Gasteiger partial charge on any atom is 0.269 e. The van der Waals surface area contributed by atoms with Crippen LogP contribution in [0.4, 0.5) is 5.69 Å². The van der Waals surface area contributed by atoms with Crippen LogP contribution in [0.3, 0.4) is 0 Å². The van der Waals surface area contributed by atoms with Crippen LogP contribution in [0, 0.1) is 17.0 Å². The molecule has 0 fully saturated rings. The first-order valence-electron chi connectivity index (χ1n) is 7.91. The Morgan fingerprint density at radius 2 is 1.88 bits per heavy atom. The summed E-state index contributed by atoms with van der Waals surface area (Å²) in [5, 5.41) is 10.9. The van der Waals surface area contributed by atoms with Crippen molar-refractivity contribution in [1.29, 1.82) is 0 Å². The minimum absolute atomic E-state index is 0.00457. The van der Waals surface area contributed by atoms with Crippen LogP contribution in [0.2, 0.25) is 0 Å². The predicted molar refractivity (Wildman–Crippen MR) is 100 cm³/mol. The van der Waals surface area contributed by atoms with Gasteiger partial charge in [-0.1, -0.05) is 23.9 Å². The fourth-order valence-electron chi connectivity index (χ4n) is 2.88. The van der Waals surface area contributed by atoms with E-state index in [9.17, 15) is 14.9 Å². The van der Waals surface area contributed by atoms with E-state index in [1.54, 1.807) is 31.2 Å². The lowest BCUT2D eigenvalue weighted by molar-refractivity contribution is -0.384. The van der Waals surface area contributed by atoms with E-state index in [-0.39, 0.29) is 11.5 Å². The van der Waals surface area contributed by atoms with Gasteiger partial charge in [-0.3, -0.25) is 14.9 Å². The molecule has 5 nitrogen and oxygen atoms in total. The van der Waals surface area contributed by atoms with Crippen LogP contribution in [0.1, 0.15) is 21.7 Å². The highest BCUT2D eigenvalue weighted by molar-refractivity contribution is 8.04. The van der Waals surface area contributed by atoms with Crippen molar-refractivity contribution in [2.45, 2.75) is 11.8 Å². The van der Waals surface area contributed by atoms with Crippen molar-refractivity contribution in [2.75, 3.05) is 0 Å². The smallest absolute Gasteiger partial charge is 0.269 e. The Labute approximate surface area is 153 Å². The van der Waals surface area contributed by atoms with Gasteiger partial charge in [-0.25, -0.2) is 0 Å². The van der Waals surface area contributed by atoms with Crippen molar-refractivity contribution in [3.05, 3.63) is 86.5 Å². The van der Waals surface area contributed by atoms with Crippen molar-refractivity contribution in [3.8, 4) is 11.3 Å². The topological polar surface area (TPSA) is 73.3 Å². The maximum absolute atomic E-state index is 12.4. The molecule has 0 spiro atoms. The van der Waals surface area contributed by atoms with Crippen molar-refractivity contribution < 1.29 is 14.1 Å². The van der Waals surface area contributed by atoms with Gasteiger partial charge in [0.1, 0.15) is 11.5 Å². The van der Waals surface area contributed by atoms with Crippen LogP contribution >= 0.6 is 11.8 Å². The largest absolute Gasteiger partial charge is 0.457 e. The van der Waals surface area contributed by atoms with E-state index in [1.807, 2.05) is 24.3 Å². The van der Waals surface area contributed by atoms with Gasteiger partial charge in [0.05, 0.1) is 9.83 Å². The van der Waals surface area contributed by atoms with Crippen LogP contribution in [0.25, 0.3) is 17.4 Å². The van der Waals surface area contributed by atoms with Crippen molar-refractivity contribution in [2.24, 2.45) is 0 Å². The molecule has 0 amide bonds. The summed E-state index contributed by atoms with van der Waals surface area (Å²) in [6.07, 6.45) is 1.73. The molecule has 0 saturated carbocycles. The zero-order valence-electron chi connectivity index (χ0n) is 13.8. The average molecular weight is 363 g/mol. The molecule has 26 heavy (non-hydrogen) atoms. The fraction of sp³-hybridized carbons (Fsp3) is 0.0500. The van der Waals surface area contributed by atoms with Crippen LogP contribution < -0.4 is 0 Å². The zero-order valence-corrected chi connectivity index (χ0v) is 14.6. The number of thioether (sulfide) groups is 1. The fourth-order valence-corrected chi connectivity index (χ4v) is 3.91. The molecule has 0 unspecified atom stereocenters. The number of non-ortho nitro benzene ring substituents is 1. The van der Waals surface area contributed by atoms with Crippen molar-refractivity contribution in [3.63, 3.8) is 0 Å². The summed E-state index contributed by atoms with van der Waals surface area (Å²) in [6.45, 7) is 1.80. The Balaban J connectivity index is 1.64. The van der Waals surface area contributed by atoms with Gasteiger partial charge in [-0.2, -0.15) is 0 Å². The third kappa shape index (κ3) is 2.84. The molecular weight excluding hydrogens is 350 g/mol. The molecule has 1 aromatic heterocycles. The minimum atomic E-state index is -0.421. The number of nitro groups is 1. The lowest BCUT2D eigenvalue weighted by atomic mass is 10.1. The molecule has 0 radical (unpaired) electrons. The Morgan fingerprint density at radius 1 is 1.08 bits per heavy atom. The number of carbonyl (C=O) groups is 1. The molecule has 2 heterocycles. The van der Waals surface area contributed by atoms with Crippen LogP contribution in [-0.4, -0.2) is 10.7 Å². The number of ketones is 1. The quantitative estimate of drug-likeness (QED) is 0.349. The highest BCUT2D eigenvalue weighted by atomic mass is 32.2.